The van der Waals surface area contributed by atoms with Gasteiger partial charge in [0.15, 0.2) is 5.82 Å². The van der Waals surface area contributed by atoms with E-state index in [1.165, 1.54) is 12.4 Å². The number of rotatable bonds is 2. The fourth-order valence-corrected chi connectivity index (χ4v) is 1.45. The van der Waals surface area contributed by atoms with Gasteiger partial charge >= 0.3 is 0 Å². The van der Waals surface area contributed by atoms with E-state index in [2.05, 4.69) is 25.9 Å². The Morgan fingerprint density at radius 2 is 2.00 bits per heavy atom. The third-order valence-electron chi connectivity index (χ3n) is 2.04. The molecule has 2 N–H and O–H groups in total. The van der Waals surface area contributed by atoms with Crippen molar-refractivity contribution in [2.75, 3.05) is 5.73 Å². The van der Waals surface area contributed by atoms with E-state index in [4.69, 9.17) is 10.5 Å². The highest BCUT2D eigenvalue weighted by Crippen LogP contribution is 2.26. The molecule has 5 heteroatoms. The monoisotopic (exact) mass is 279 g/mol. The fraction of sp³-hybridized carbons (Fsp3) is 0.0909. The maximum absolute atomic E-state index is 5.63. The van der Waals surface area contributed by atoms with Gasteiger partial charge < -0.3 is 10.5 Å². The van der Waals surface area contributed by atoms with Gasteiger partial charge in [0.1, 0.15) is 5.75 Å². The Labute approximate surface area is 102 Å². The maximum Gasteiger partial charge on any atom is 0.262 e. The number of hydrogen-bond acceptors (Lipinski definition) is 4. The van der Waals surface area contributed by atoms with E-state index in [9.17, 15) is 0 Å². The molecule has 1 aromatic carbocycles. The van der Waals surface area contributed by atoms with Crippen LogP contribution in [0.3, 0.4) is 0 Å². The Balaban J connectivity index is 2.28. The zero-order chi connectivity index (χ0) is 11.5. The zero-order valence-electron chi connectivity index (χ0n) is 8.64. The second-order valence-electron chi connectivity index (χ2n) is 3.26. The first-order valence-corrected chi connectivity index (χ1v) is 5.46. The summed E-state index contributed by atoms with van der Waals surface area (Å²) < 4.78 is 6.56. The van der Waals surface area contributed by atoms with E-state index in [0.717, 1.165) is 10.0 Å². The van der Waals surface area contributed by atoms with Crippen LogP contribution in [0.1, 0.15) is 5.56 Å². The minimum atomic E-state index is 0.281. The second-order valence-corrected chi connectivity index (χ2v) is 4.11. The predicted molar refractivity (Wildman–Crippen MR) is 65.4 cm³/mol. The van der Waals surface area contributed by atoms with Crippen molar-refractivity contribution in [1.82, 2.24) is 9.97 Å². The average molecular weight is 280 g/mol. The molecule has 0 aliphatic carbocycles. The third-order valence-corrected chi connectivity index (χ3v) is 2.92. The van der Waals surface area contributed by atoms with E-state index in [-0.39, 0.29) is 5.82 Å². The Hall–Kier alpha value is -1.62. The Bertz CT molecular complexity index is 516. The van der Waals surface area contributed by atoms with Crippen LogP contribution in [0.25, 0.3) is 0 Å². The highest BCUT2D eigenvalue weighted by molar-refractivity contribution is 9.10. The maximum atomic E-state index is 5.63. The van der Waals surface area contributed by atoms with Crippen LogP contribution < -0.4 is 10.5 Å². The van der Waals surface area contributed by atoms with Crippen LogP contribution in [0.5, 0.6) is 11.6 Å². The molecule has 0 spiro atoms. The van der Waals surface area contributed by atoms with Crippen LogP contribution in [0.15, 0.2) is 35.1 Å². The zero-order valence-corrected chi connectivity index (χ0v) is 10.2. The number of halogens is 1. The van der Waals surface area contributed by atoms with Crippen LogP contribution in [0, 0.1) is 6.92 Å². The Morgan fingerprint density at radius 3 is 2.69 bits per heavy atom. The van der Waals surface area contributed by atoms with E-state index in [1.807, 2.05) is 25.1 Å². The molecule has 16 heavy (non-hydrogen) atoms. The highest BCUT2D eigenvalue weighted by atomic mass is 79.9. The number of nitrogen functional groups attached to an aromatic ring is 1. The van der Waals surface area contributed by atoms with Crippen molar-refractivity contribution in [3.05, 3.63) is 40.6 Å². The molecular weight excluding hydrogens is 270 g/mol. The first-order valence-electron chi connectivity index (χ1n) is 4.67. The van der Waals surface area contributed by atoms with Crippen molar-refractivity contribution in [3.63, 3.8) is 0 Å². The normalized spacial score (nSPS) is 10.1. The number of aromatic nitrogens is 2. The number of hydrogen-bond donors (Lipinski definition) is 1. The van der Waals surface area contributed by atoms with E-state index in [0.29, 0.717) is 11.6 Å². The quantitative estimate of drug-likeness (QED) is 0.918. The van der Waals surface area contributed by atoms with Gasteiger partial charge in [-0.3, -0.25) is 0 Å². The van der Waals surface area contributed by atoms with Crippen molar-refractivity contribution in [2.45, 2.75) is 6.92 Å². The van der Waals surface area contributed by atoms with E-state index >= 15 is 0 Å². The topological polar surface area (TPSA) is 61.0 Å². The van der Waals surface area contributed by atoms with Gasteiger partial charge in [-0.25, -0.2) is 9.97 Å². The van der Waals surface area contributed by atoms with Crippen LogP contribution >= 0.6 is 15.9 Å². The molecule has 4 nitrogen and oxygen atoms in total. The molecule has 0 fully saturated rings. The molecule has 0 radical (unpaired) electrons. The molecule has 0 aliphatic rings. The fourth-order valence-electron chi connectivity index (χ4n) is 1.21. The van der Waals surface area contributed by atoms with Crippen LogP contribution in [-0.4, -0.2) is 9.97 Å². The molecule has 82 valence electrons. The summed E-state index contributed by atoms with van der Waals surface area (Å²) in [6.07, 6.45) is 3.06. The number of nitrogens with two attached hydrogens (primary N) is 1. The standard InChI is InChI=1S/C11H10BrN3O/c1-7-6-8(2-3-9(7)12)16-11-10(13)14-4-5-15-11/h2-6H,1H3,(H2,13,14). The van der Waals surface area contributed by atoms with Gasteiger partial charge in [-0.05, 0) is 30.7 Å². The number of benzene rings is 1. The van der Waals surface area contributed by atoms with Crippen LogP contribution in [0.2, 0.25) is 0 Å². The summed E-state index contributed by atoms with van der Waals surface area (Å²) in [5.74, 6) is 1.29. The number of aryl methyl sites for hydroxylation is 1. The molecule has 0 saturated heterocycles. The van der Waals surface area contributed by atoms with Gasteiger partial charge in [-0.1, -0.05) is 15.9 Å². The first kappa shape index (κ1) is 10.9. The summed E-state index contributed by atoms with van der Waals surface area (Å²) in [6.45, 7) is 1.98. The van der Waals surface area contributed by atoms with Gasteiger partial charge in [-0.2, -0.15) is 0 Å². The second kappa shape index (κ2) is 4.49. The SMILES string of the molecule is Cc1cc(Oc2nccnc2N)ccc1Br. The molecule has 1 heterocycles. The lowest BCUT2D eigenvalue weighted by Gasteiger charge is -2.07. The van der Waals surface area contributed by atoms with Crippen LogP contribution in [-0.2, 0) is 0 Å². The van der Waals surface area contributed by atoms with Crippen molar-refractivity contribution in [3.8, 4) is 11.6 Å². The lowest BCUT2D eigenvalue weighted by atomic mass is 10.2. The van der Waals surface area contributed by atoms with Gasteiger partial charge in [0.25, 0.3) is 5.88 Å². The molecule has 0 saturated carbocycles. The molecule has 0 unspecified atom stereocenters. The first-order chi connectivity index (χ1) is 7.66. The number of ether oxygens (including phenoxy) is 1. The molecular formula is C11H10BrN3O. The van der Waals surface area contributed by atoms with Gasteiger partial charge in [0, 0.05) is 16.9 Å². The Kier molecular flexibility index (Phi) is 3.05. The smallest absolute Gasteiger partial charge is 0.262 e. The summed E-state index contributed by atoms with van der Waals surface area (Å²) in [7, 11) is 0. The average Bonchev–Trinajstić information content (AvgIpc) is 2.27. The lowest BCUT2D eigenvalue weighted by Crippen LogP contribution is -1.97. The van der Waals surface area contributed by atoms with Crippen LogP contribution in [0.4, 0.5) is 5.82 Å². The van der Waals surface area contributed by atoms with Crippen molar-refractivity contribution in [1.29, 1.82) is 0 Å². The number of anilines is 1. The molecule has 1 aromatic heterocycles. The summed E-state index contributed by atoms with van der Waals surface area (Å²) in [5, 5.41) is 0. The summed E-state index contributed by atoms with van der Waals surface area (Å²) >= 11 is 3.42. The minimum absolute atomic E-state index is 0.281. The molecule has 0 atom stereocenters. The van der Waals surface area contributed by atoms with Crippen molar-refractivity contribution < 1.29 is 4.74 Å². The summed E-state index contributed by atoms with van der Waals surface area (Å²) in [6, 6.07) is 5.65. The van der Waals surface area contributed by atoms with Gasteiger partial charge in [0.05, 0.1) is 0 Å². The molecule has 0 aliphatic heterocycles. The van der Waals surface area contributed by atoms with Crippen molar-refractivity contribution >= 4 is 21.7 Å². The number of nitrogens with zero attached hydrogens (tertiary/aromatic N) is 2. The minimum Gasteiger partial charge on any atom is -0.436 e. The van der Waals surface area contributed by atoms with E-state index in [1.54, 1.807) is 0 Å². The van der Waals surface area contributed by atoms with Gasteiger partial charge in [-0.15, -0.1) is 0 Å². The van der Waals surface area contributed by atoms with Gasteiger partial charge in [0.2, 0.25) is 0 Å². The molecule has 0 bridgehead atoms. The predicted octanol–water partition coefficient (Wildman–Crippen LogP) is 2.92. The third kappa shape index (κ3) is 2.30. The van der Waals surface area contributed by atoms with Crippen molar-refractivity contribution in [2.24, 2.45) is 0 Å². The molecule has 0 amide bonds. The summed E-state index contributed by atoms with van der Waals surface area (Å²) in [4.78, 5) is 7.90. The Morgan fingerprint density at radius 1 is 1.25 bits per heavy atom. The highest BCUT2D eigenvalue weighted by Gasteiger charge is 2.04. The lowest BCUT2D eigenvalue weighted by molar-refractivity contribution is 0.463. The summed E-state index contributed by atoms with van der Waals surface area (Å²) in [5.41, 5.74) is 6.71. The largest absolute Gasteiger partial charge is 0.436 e. The molecule has 2 rings (SSSR count). The molecule has 2 aromatic rings. The van der Waals surface area contributed by atoms with E-state index < -0.39 is 0 Å².